The van der Waals surface area contributed by atoms with Crippen LogP contribution in [0.15, 0.2) is 6.20 Å². The first-order chi connectivity index (χ1) is 8.10. The van der Waals surface area contributed by atoms with Crippen molar-refractivity contribution in [3.05, 3.63) is 11.9 Å². The number of nitrogens with zero attached hydrogens (tertiary/aromatic N) is 2. The number of rotatable bonds is 6. The van der Waals surface area contributed by atoms with Gasteiger partial charge in [0.2, 0.25) is 5.95 Å². The summed E-state index contributed by atoms with van der Waals surface area (Å²) in [4.78, 5) is 4.60. The van der Waals surface area contributed by atoms with Gasteiger partial charge in [-0.2, -0.15) is 0 Å². The van der Waals surface area contributed by atoms with Gasteiger partial charge in [0.05, 0.1) is 5.69 Å². The molecule has 1 aromatic rings. The maximum absolute atomic E-state index is 4.60. The molecule has 0 aliphatic heterocycles. The van der Waals surface area contributed by atoms with E-state index in [1.165, 1.54) is 25.7 Å². The fourth-order valence-corrected chi connectivity index (χ4v) is 2.28. The highest BCUT2D eigenvalue weighted by Crippen LogP contribution is 2.34. The molecule has 1 heterocycles. The molecule has 1 aliphatic rings. The molecule has 96 valence electrons. The molecule has 0 saturated heterocycles. The molecule has 1 saturated carbocycles. The maximum Gasteiger partial charge on any atom is 0.203 e. The third-order valence-electron chi connectivity index (χ3n) is 3.55. The van der Waals surface area contributed by atoms with Gasteiger partial charge in [0.25, 0.3) is 0 Å². The molecule has 0 amide bonds. The van der Waals surface area contributed by atoms with Crippen LogP contribution >= 0.6 is 0 Å². The minimum Gasteiger partial charge on any atom is -0.353 e. The standard InChI is InChI=1S/C14H25N3/c1-5-13(8-12-6-7-12)16-14-15-11(4)9-17(14)10(2)3/h9-10,12-13H,5-8H2,1-4H3,(H,15,16). The van der Waals surface area contributed by atoms with Crippen molar-refractivity contribution >= 4 is 5.95 Å². The number of imidazole rings is 1. The third kappa shape index (κ3) is 3.24. The smallest absolute Gasteiger partial charge is 0.203 e. The van der Waals surface area contributed by atoms with Crippen molar-refractivity contribution in [2.24, 2.45) is 5.92 Å². The summed E-state index contributed by atoms with van der Waals surface area (Å²) in [5.41, 5.74) is 1.10. The van der Waals surface area contributed by atoms with Crippen molar-refractivity contribution in [3.63, 3.8) is 0 Å². The minimum absolute atomic E-state index is 0.470. The van der Waals surface area contributed by atoms with E-state index in [9.17, 15) is 0 Å². The number of hydrogen-bond acceptors (Lipinski definition) is 2. The summed E-state index contributed by atoms with van der Waals surface area (Å²) in [6.45, 7) is 8.73. The lowest BCUT2D eigenvalue weighted by Crippen LogP contribution is -2.22. The van der Waals surface area contributed by atoms with E-state index < -0.39 is 0 Å². The summed E-state index contributed by atoms with van der Waals surface area (Å²) in [5.74, 6) is 2.01. The molecule has 1 fully saturated rings. The van der Waals surface area contributed by atoms with Crippen LogP contribution in [0.3, 0.4) is 0 Å². The topological polar surface area (TPSA) is 29.9 Å². The molecule has 0 aromatic carbocycles. The molecule has 3 nitrogen and oxygen atoms in total. The van der Waals surface area contributed by atoms with Crippen LogP contribution in [0.2, 0.25) is 0 Å². The lowest BCUT2D eigenvalue weighted by atomic mass is 10.1. The number of nitrogens with one attached hydrogen (secondary N) is 1. The van der Waals surface area contributed by atoms with Crippen molar-refractivity contribution in [1.82, 2.24) is 9.55 Å². The molecule has 17 heavy (non-hydrogen) atoms. The highest BCUT2D eigenvalue weighted by molar-refractivity contribution is 5.31. The summed E-state index contributed by atoms with van der Waals surface area (Å²) in [7, 11) is 0. The Morgan fingerprint density at radius 2 is 2.18 bits per heavy atom. The fourth-order valence-electron chi connectivity index (χ4n) is 2.28. The average Bonchev–Trinajstić information content (AvgIpc) is 3.00. The molecule has 1 aliphatic carbocycles. The van der Waals surface area contributed by atoms with Crippen molar-refractivity contribution in [2.45, 2.75) is 65.5 Å². The molecule has 0 bridgehead atoms. The first kappa shape index (κ1) is 12.5. The van der Waals surface area contributed by atoms with E-state index in [4.69, 9.17) is 0 Å². The molecule has 0 spiro atoms. The molecular formula is C14H25N3. The summed E-state index contributed by atoms with van der Waals surface area (Å²) in [6, 6.07) is 1.05. The first-order valence-corrected chi connectivity index (χ1v) is 6.92. The molecule has 1 aromatic heterocycles. The van der Waals surface area contributed by atoms with Crippen LogP contribution < -0.4 is 5.32 Å². The molecule has 3 heteroatoms. The van der Waals surface area contributed by atoms with Crippen LogP contribution in [0.5, 0.6) is 0 Å². The zero-order valence-electron chi connectivity index (χ0n) is 11.5. The quantitative estimate of drug-likeness (QED) is 0.813. The van der Waals surface area contributed by atoms with Gasteiger partial charge in [-0.15, -0.1) is 0 Å². The van der Waals surface area contributed by atoms with Gasteiger partial charge < -0.3 is 9.88 Å². The maximum atomic E-state index is 4.60. The molecular weight excluding hydrogens is 210 g/mol. The predicted molar refractivity (Wildman–Crippen MR) is 72.4 cm³/mol. The second kappa shape index (κ2) is 5.11. The van der Waals surface area contributed by atoms with Crippen LogP contribution in [0, 0.1) is 12.8 Å². The minimum atomic E-state index is 0.470. The largest absolute Gasteiger partial charge is 0.353 e. The van der Waals surface area contributed by atoms with E-state index in [0.29, 0.717) is 12.1 Å². The molecule has 2 rings (SSSR count). The normalized spacial score (nSPS) is 17.5. The number of aryl methyl sites for hydroxylation is 1. The van der Waals surface area contributed by atoms with Crippen molar-refractivity contribution in [2.75, 3.05) is 5.32 Å². The zero-order chi connectivity index (χ0) is 12.4. The van der Waals surface area contributed by atoms with Crippen LogP contribution in [0.4, 0.5) is 5.95 Å². The molecule has 1 unspecified atom stereocenters. The Balaban J connectivity index is 2.04. The Morgan fingerprint density at radius 1 is 1.47 bits per heavy atom. The van der Waals surface area contributed by atoms with Gasteiger partial charge in [-0.25, -0.2) is 4.98 Å². The second-order valence-electron chi connectivity index (χ2n) is 5.64. The van der Waals surface area contributed by atoms with Crippen molar-refractivity contribution in [1.29, 1.82) is 0 Å². The van der Waals surface area contributed by atoms with Gasteiger partial charge in [-0.1, -0.05) is 19.8 Å². The van der Waals surface area contributed by atoms with Gasteiger partial charge >= 0.3 is 0 Å². The summed E-state index contributed by atoms with van der Waals surface area (Å²) in [5, 5.41) is 3.62. The lowest BCUT2D eigenvalue weighted by molar-refractivity contribution is 0.559. The number of anilines is 1. The first-order valence-electron chi connectivity index (χ1n) is 6.92. The lowest BCUT2D eigenvalue weighted by Gasteiger charge is -2.19. The van der Waals surface area contributed by atoms with Crippen molar-refractivity contribution in [3.8, 4) is 0 Å². The average molecular weight is 235 g/mol. The Kier molecular flexibility index (Phi) is 3.75. The van der Waals surface area contributed by atoms with E-state index in [1.54, 1.807) is 0 Å². The van der Waals surface area contributed by atoms with Gasteiger partial charge in [0, 0.05) is 18.3 Å². The molecule has 0 radical (unpaired) electrons. The van der Waals surface area contributed by atoms with Crippen LogP contribution in [0.1, 0.15) is 58.2 Å². The zero-order valence-corrected chi connectivity index (χ0v) is 11.5. The Morgan fingerprint density at radius 3 is 2.71 bits per heavy atom. The van der Waals surface area contributed by atoms with E-state index in [2.05, 4.69) is 48.8 Å². The van der Waals surface area contributed by atoms with Gasteiger partial charge in [0.1, 0.15) is 0 Å². The monoisotopic (exact) mass is 235 g/mol. The highest BCUT2D eigenvalue weighted by atomic mass is 15.2. The molecule has 1 N–H and O–H groups in total. The summed E-state index contributed by atoms with van der Waals surface area (Å²) < 4.78 is 2.24. The fraction of sp³-hybridized carbons (Fsp3) is 0.786. The summed E-state index contributed by atoms with van der Waals surface area (Å²) in [6.07, 6.45) is 7.48. The van der Waals surface area contributed by atoms with Crippen LogP contribution in [-0.4, -0.2) is 15.6 Å². The number of aromatic nitrogens is 2. The second-order valence-corrected chi connectivity index (χ2v) is 5.64. The van der Waals surface area contributed by atoms with E-state index in [1.807, 2.05) is 0 Å². The summed E-state index contributed by atoms with van der Waals surface area (Å²) >= 11 is 0. The number of hydrogen-bond donors (Lipinski definition) is 1. The Hall–Kier alpha value is -0.990. The Bertz CT molecular complexity index is 364. The third-order valence-corrected chi connectivity index (χ3v) is 3.55. The van der Waals surface area contributed by atoms with Crippen LogP contribution in [-0.2, 0) is 0 Å². The van der Waals surface area contributed by atoms with E-state index >= 15 is 0 Å². The van der Waals surface area contributed by atoms with E-state index in [0.717, 1.165) is 17.6 Å². The van der Waals surface area contributed by atoms with Crippen LogP contribution in [0.25, 0.3) is 0 Å². The highest BCUT2D eigenvalue weighted by Gasteiger charge is 2.25. The van der Waals surface area contributed by atoms with Gasteiger partial charge in [-0.3, -0.25) is 0 Å². The predicted octanol–water partition coefficient (Wildman–Crippen LogP) is 3.76. The van der Waals surface area contributed by atoms with Gasteiger partial charge in [-0.05, 0) is 39.5 Å². The van der Waals surface area contributed by atoms with E-state index in [-0.39, 0.29) is 0 Å². The SMILES string of the molecule is CCC(CC1CC1)Nc1nc(C)cn1C(C)C. The molecule has 1 atom stereocenters. The van der Waals surface area contributed by atoms with Crippen molar-refractivity contribution < 1.29 is 0 Å². The van der Waals surface area contributed by atoms with Gasteiger partial charge in [0.15, 0.2) is 0 Å². The Labute approximate surface area is 105 Å².